The number of carbonyl (C=O) groups is 2. The van der Waals surface area contributed by atoms with Gasteiger partial charge in [-0.1, -0.05) is 48.5 Å². The van der Waals surface area contributed by atoms with E-state index in [4.69, 9.17) is 13.9 Å². The van der Waals surface area contributed by atoms with Crippen LogP contribution in [0.5, 0.6) is 5.75 Å². The lowest BCUT2D eigenvalue weighted by molar-refractivity contribution is -0.130. The first-order valence-corrected chi connectivity index (χ1v) is 8.88. The van der Waals surface area contributed by atoms with Crippen molar-refractivity contribution in [2.24, 2.45) is 0 Å². The molecule has 0 unspecified atom stereocenters. The van der Waals surface area contributed by atoms with E-state index in [9.17, 15) is 9.59 Å². The Hall–Kier alpha value is -3.54. The summed E-state index contributed by atoms with van der Waals surface area (Å²) in [7, 11) is 1.50. The quantitative estimate of drug-likeness (QED) is 0.606. The first-order valence-electron chi connectivity index (χ1n) is 8.88. The van der Waals surface area contributed by atoms with Gasteiger partial charge < -0.3 is 19.2 Å². The fraction of sp³-hybridized carbons (Fsp3) is 0.182. The number of rotatable bonds is 8. The van der Waals surface area contributed by atoms with Crippen molar-refractivity contribution in [1.29, 1.82) is 0 Å². The number of carbonyl (C=O) groups excluding carboxylic acids is 2. The van der Waals surface area contributed by atoms with E-state index in [0.29, 0.717) is 24.3 Å². The van der Waals surface area contributed by atoms with Gasteiger partial charge in [-0.15, -0.1) is 0 Å². The number of hydrogen-bond donors (Lipinski definition) is 1. The summed E-state index contributed by atoms with van der Waals surface area (Å²) < 4.78 is 15.9. The minimum atomic E-state index is -1.16. The molecule has 0 aliphatic heterocycles. The number of amides is 1. The Bertz CT molecular complexity index is 906. The molecule has 1 aromatic heterocycles. The summed E-state index contributed by atoms with van der Waals surface area (Å²) in [6.45, 7) is 0.410. The van der Waals surface area contributed by atoms with Crippen molar-refractivity contribution < 1.29 is 23.5 Å². The molecule has 0 saturated carbocycles. The number of hydrogen-bond acceptors (Lipinski definition) is 5. The van der Waals surface area contributed by atoms with Gasteiger partial charge in [0, 0.05) is 12.1 Å². The Morgan fingerprint density at radius 2 is 1.75 bits per heavy atom. The molecule has 1 N–H and O–H groups in total. The summed E-state index contributed by atoms with van der Waals surface area (Å²) in [6.07, 6.45) is 0.871. The molecule has 2 aromatic carbocycles. The minimum Gasteiger partial charge on any atom is -0.496 e. The molecule has 0 bridgehead atoms. The Labute approximate surface area is 163 Å². The van der Waals surface area contributed by atoms with Gasteiger partial charge in [0.15, 0.2) is 0 Å². The standard InChI is InChI=1S/C22H21NO5/c1-26-18-11-6-5-10-17(18)20(28-22(25)19-12-7-15-27-19)21(24)23-14-13-16-8-3-2-4-9-16/h2-12,15,20H,13-14H2,1H3,(H,23,24)/t20-/m1/s1. The topological polar surface area (TPSA) is 77.8 Å². The molecular formula is C22H21NO5. The second-order valence-corrected chi connectivity index (χ2v) is 6.03. The molecule has 144 valence electrons. The average Bonchev–Trinajstić information content (AvgIpc) is 3.27. The van der Waals surface area contributed by atoms with Crippen LogP contribution in [0.1, 0.15) is 27.8 Å². The lowest BCUT2D eigenvalue weighted by atomic mass is 10.1. The van der Waals surface area contributed by atoms with E-state index in [-0.39, 0.29) is 5.76 Å². The predicted octanol–water partition coefficient (Wildman–Crippen LogP) is 3.55. The predicted molar refractivity (Wildman–Crippen MR) is 103 cm³/mol. The number of para-hydroxylation sites is 1. The smallest absolute Gasteiger partial charge is 0.375 e. The van der Waals surface area contributed by atoms with E-state index in [1.54, 1.807) is 30.3 Å². The number of esters is 1. The average molecular weight is 379 g/mol. The zero-order valence-corrected chi connectivity index (χ0v) is 15.5. The van der Waals surface area contributed by atoms with Gasteiger partial charge in [0.2, 0.25) is 11.9 Å². The molecule has 1 atom stereocenters. The Morgan fingerprint density at radius 1 is 1.00 bits per heavy atom. The highest BCUT2D eigenvalue weighted by atomic mass is 16.6. The van der Waals surface area contributed by atoms with Crippen LogP contribution in [0.4, 0.5) is 0 Å². The molecule has 3 aromatic rings. The van der Waals surface area contributed by atoms with Crippen LogP contribution in [-0.4, -0.2) is 25.5 Å². The number of methoxy groups -OCH3 is 1. The van der Waals surface area contributed by atoms with Gasteiger partial charge in [-0.05, 0) is 30.2 Å². The molecule has 1 amide bonds. The van der Waals surface area contributed by atoms with E-state index in [1.165, 1.54) is 19.4 Å². The van der Waals surface area contributed by atoms with Crippen molar-refractivity contribution in [1.82, 2.24) is 5.32 Å². The van der Waals surface area contributed by atoms with Crippen molar-refractivity contribution in [3.05, 3.63) is 89.9 Å². The molecule has 0 spiro atoms. The highest BCUT2D eigenvalue weighted by molar-refractivity contribution is 5.91. The van der Waals surface area contributed by atoms with E-state index >= 15 is 0 Å². The summed E-state index contributed by atoms with van der Waals surface area (Å²) in [6, 6.07) is 19.8. The zero-order chi connectivity index (χ0) is 19.8. The number of furan rings is 1. The first-order chi connectivity index (χ1) is 13.7. The zero-order valence-electron chi connectivity index (χ0n) is 15.5. The fourth-order valence-electron chi connectivity index (χ4n) is 2.77. The largest absolute Gasteiger partial charge is 0.496 e. The summed E-state index contributed by atoms with van der Waals surface area (Å²) in [5.41, 5.74) is 1.56. The van der Waals surface area contributed by atoms with Crippen LogP contribution in [0.15, 0.2) is 77.4 Å². The van der Waals surface area contributed by atoms with E-state index < -0.39 is 18.0 Å². The van der Waals surface area contributed by atoms with Gasteiger partial charge in [0.25, 0.3) is 5.91 Å². The third-order valence-corrected chi connectivity index (χ3v) is 4.16. The molecule has 0 radical (unpaired) electrons. The van der Waals surface area contributed by atoms with E-state index in [0.717, 1.165) is 5.56 Å². The van der Waals surface area contributed by atoms with Gasteiger partial charge in [-0.3, -0.25) is 4.79 Å². The molecule has 6 nitrogen and oxygen atoms in total. The Morgan fingerprint density at radius 3 is 2.46 bits per heavy atom. The van der Waals surface area contributed by atoms with Crippen LogP contribution in [0, 0.1) is 0 Å². The van der Waals surface area contributed by atoms with Gasteiger partial charge in [-0.25, -0.2) is 4.79 Å². The molecule has 0 aliphatic carbocycles. The van der Waals surface area contributed by atoms with Crippen molar-refractivity contribution >= 4 is 11.9 Å². The maximum Gasteiger partial charge on any atom is 0.375 e. The van der Waals surface area contributed by atoms with Crippen molar-refractivity contribution in [3.63, 3.8) is 0 Å². The van der Waals surface area contributed by atoms with Crippen LogP contribution in [-0.2, 0) is 16.0 Å². The van der Waals surface area contributed by atoms with Crippen LogP contribution in [0.2, 0.25) is 0 Å². The van der Waals surface area contributed by atoms with Crippen molar-refractivity contribution in [2.75, 3.05) is 13.7 Å². The second kappa shape index (κ2) is 9.41. The van der Waals surface area contributed by atoms with E-state index in [2.05, 4.69) is 5.32 Å². The molecule has 3 rings (SSSR count). The number of nitrogens with one attached hydrogen (secondary N) is 1. The second-order valence-electron chi connectivity index (χ2n) is 6.03. The van der Waals surface area contributed by atoms with E-state index in [1.807, 2.05) is 30.3 Å². The molecule has 28 heavy (non-hydrogen) atoms. The van der Waals surface area contributed by atoms with Gasteiger partial charge >= 0.3 is 5.97 Å². The summed E-state index contributed by atoms with van der Waals surface area (Å²) in [4.78, 5) is 25.2. The lowest BCUT2D eigenvalue weighted by Gasteiger charge is -2.19. The first kappa shape index (κ1) is 19.2. The molecule has 0 fully saturated rings. The molecule has 0 saturated heterocycles. The normalized spacial score (nSPS) is 11.5. The van der Waals surface area contributed by atoms with Gasteiger partial charge in [-0.2, -0.15) is 0 Å². The maximum absolute atomic E-state index is 12.8. The third-order valence-electron chi connectivity index (χ3n) is 4.16. The van der Waals surface area contributed by atoms with Gasteiger partial charge in [0.1, 0.15) is 5.75 Å². The fourth-order valence-corrected chi connectivity index (χ4v) is 2.77. The number of benzene rings is 2. The van der Waals surface area contributed by atoms with Gasteiger partial charge in [0.05, 0.1) is 13.4 Å². The molecule has 0 aliphatic rings. The third kappa shape index (κ3) is 4.79. The summed E-state index contributed by atoms with van der Waals surface area (Å²) in [5.74, 6) is -0.672. The summed E-state index contributed by atoms with van der Waals surface area (Å²) in [5, 5.41) is 2.83. The molecule has 6 heteroatoms. The van der Waals surface area contributed by atoms with Crippen LogP contribution in [0.3, 0.4) is 0 Å². The Balaban J connectivity index is 1.75. The Kier molecular flexibility index (Phi) is 6.46. The van der Waals surface area contributed by atoms with Crippen molar-refractivity contribution in [3.8, 4) is 5.75 Å². The van der Waals surface area contributed by atoms with Crippen LogP contribution in [0.25, 0.3) is 0 Å². The number of ether oxygens (including phenoxy) is 2. The van der Waals surface area contributed by atoms with Crippen LogP contribution < -0.4 is 10.1 Å². The van der Waals surface area contributed by atoms with Crippen LogP contribution >= 0.6 is 0 Å². The SMILES string of the molecule is COc1ccccc1[C@@H](OC(=O)c1ccco1)C(=O)NCCc1ccccc1. The maximum atomic E-state index is 12.8. The lowest BCUT2D eigenvalue weighted by Crippen LogP contribution is -2.33. The molecule has 1 heterocycles. The monoisotopic (exact) mass is 379 g/mol. The summed E-state index contributed by atoms with van der Waals surface area (Å²) >= 11 is 0. The minimum absolute atomic E-state index is 0.0250. The highest BCUT2D eigenvalue weighted by Gasteiger charge is 2.29. The highest BCUT2D eigenvalue weighted by Crippen LogP contribution is 2.28. The molecular weight excluding hydrogens is 358 g/mol. The van der Waals surface area contributed by atoms with Crippen molar-refractivity contribution in [2.45, 2.75) is 12.5 Å².